The third kappa shape index (κ3) is 3.65. The van der Waals surface area contributed by atoms with Crippen molar-refractivity contribution in [3.05, 3.63) is 35.8 Å². The van der Waals surface area contributed by atoms with E-state index in [-0.39, 0.29) is 11.9 Å². The van der Waals surface area contributed by atoms with Gasteiger partial charge in [-0.1, -0.05) is 6.07 Å². The number of rotatable bonds is 4. The van der Waals surface area contributed by atoms with Gasteiger partial charge >= 0.3 is 6.09 Å². The van der Waals surface area contributed by atoms with Crippen LogP contribution in [-0.4, -0.2) is 36.7 Å². The van der Waals surface area contributed by atoms with Crippen LogP contribution in [0.5, 0.6) is 0 Å². The smallest absolute Gasteiger partial charge is 0.411 e. The molecule has 1 atom stereocenters. The number of anilines is 3. The molecule has 1 aliphatic heterocycles. The minimum atomic E-state index is -0.552. The van der Waals surface area contributed by atoms with Crippen molar-refractivity contribution in [1.29, 1.82) is 0 Å². The van der Waals surface area contributed by atoms with Crippen molar-refractivity contribution in [2.45, 2.75) is 18.9 Å². The van der Waals surface area contributed by atoms with Gasteiger partial charge in [0.05, 0.1) is 7.11 Å². The number of carbonyl (C=O) groups excluding carboxylic acids is 2. The molecule has 1 aromatic carbocycles. The van der Waals surface area contributed by atoms with E-state index in [0.717, 1.165) is 24.5 Å². The average molecular weight is 346 g/mol. The fourth-order valence-electron chi connectivity index (χ4n) is 2.70. The van der Waals surface area contributed by atoms with Gasteiger partial charge in [0.25, 0.3) is 0 Å². The van der Waals surface area contributed by atoms with Crippen LogP contribution in [0.4, 0.5) is 21.3 Å². The van der Waals surface area contributed by atoms with Crippen LogP contribution in [0.15, 0.2) is 35.8 Å². The lowest BCUT2D eigenvalue weighted by Crippen LogP contribution is -2.39. The highest BCUT2D eigenvalue weighted by Crippen LogP contribution is 2.28. The molecule has 126 valence electrons. The van der Waals surface area contributed by atoms with Crippen LogP contribution in [0, 0.1) is 0 Å². The zero-order valence-corrected chi connectivity index (χ0v) is 14.0. The topological polar surface area (TPSA) is 83.6 Å². The summed E-state index contributed by atoms with van der Waals surface area (Å²) in [5.74, 6) is -0.0714. The van der Waals surface area contributed by atoms with Gasteiger partial charge < -0.3 is 15.0 Å². The zero-order valence-electron chi connectivity index (χ0n) is 13.2. The molecule has 2 amide bonds. The molecule has 0 bridgehead atoms. The standard InChI is InChI=1S/C16H18N4O3S/c1-23-16(22)19-12-5-2-4-11(10-12)18-14(21)13-6-3-8-20(13)15-17-7-9-24-15/h2,4-5,7,9-10,13H,3,6,8H2,1H3,(H,18,21)(H,19,22). The second-order valence-corrected chi connectivity index (χ2v) is 6.23. The van der Waals surface area contributed by atoms with Gasteiger partial charge in [-0.15, -0.1) is 11.3 Å². The van der Waals surface area contributed by atoms with Crippen molar-refractivity contribution in [2.24, 2.45) is 0 Å². The van der Waals surface area contributed by atoms with Crippen LogP contribution in [0.2, 0.25) is 0 Å². The Morgan fingerprint density at radius 3 is 2.83 bits per heavy atom. The van der Waals surface area contributed by atoms with E-state index in [1.807, 2.05) is 10.3 Å². The van der Waals surface area contributed by atoms with Crippen LogP contribution in [0.1, 0.15) is 12.8 Å². The summed E-state index contributed by atoms with van der Waals surface area (Å²) in [7, 11) is 1.30. The van der Waals surface area contributed by atoms with Crippen LogP contribution in [0.25, 0.3) is 0 Å². The third-order valence-corrected chi connectivity index (χ3v) is 4.59. The molecular weight excluding hydrogens is 328 g/mol. The van der Waals surface area contributed by atoms with E-state index in [4.69, 9.17) is 0 Å². The highest BCUT2D eigenvalue weighted by atomic mass is 32.1. The average Bonchev–Trinajstić information content (AvgIpc) is 3.26. The SMILES string of the molecule is COC(=O)Nc1cccc(NC(=O)C2CCCN2c2nccs2)c1. The van der Waals surface area contributed by atoms with Crippen LogP contribution in [-0.2, 0) is 9.53 Å². The van der Waals surface area contributed by atoms with Crippen molar-refractivity contribution in [2.75, 3.05) is 29.2 Å². The van der Waals surface area contributed by atoms with Crippen molar-refractivity contribution < 1.29 is 14.3 Å². The quantitative estimate of drug-likeness (QED) is 0.889. The number of ether oxygens (including phenoxy) is 1. The second kappa shape index (κ2) is 7.31. The highest BCUT2D eigenvalue weighted by molar-refractivity contribution is 7.13. The molecule has 7 nitrogen and oxygen atoms in total. The molecule has 3 rings (SSSR count). The number of methoxy groups -OCH3 is 1. The van der Waals surface area contributed by atoms with E-state index in [2.05, 4.69) is 20.4 Å². The van der Waals surface area contributed by atoms with E-state index in [0.29, 0.717) is 11.4 Å². The number of thiazole rings is 1. The molecule has 2 N–H and O–H groups in total. The maximum absolute atomic E-state index is 12.6. The van der Waals surface area contributed by atoms with Gasteiger partial charge in [-0.2, -0.15) is 0 Å². The molecule has 1 fully saturated rings. The van der Waals surface area contributed by atoms with E-state index < -0.39 is 6.09 Å². The lowest BCUT2D eigenvalue weighted by molar-refractivity contribution is -0.117. The van der Waals surface area contributed by atoms with E-state index in [9.17, 15) is 9.59 Å². The van der Waals surface area contributed by atoms with Crippen LogP contribution < -0.4 is 15.5 Å². The largest absolute Gasteiger partial charge is 0.453 e. The number of nitrogens with one attached hydrogen (secondary N) is 2. The minimum absolute atomic E-state index is 0.0714. The first-order valence-corrected chi connectivity index (χ1v) is 8.47. The van der Waals surface area contributed by atoms with Crippen molar-refractivity contribution in [1.82, 2.24) is 4.98 Å². The number of carbonyl (C=O) groups is 2. The Bertz CT molecular complexity index is 720. The zero-order chi connectivity index (χ0) is 16.9. The minimum Gasteiger partial charge on any atom is -0.453 e. The Morgan fingerprint density at radius 1 is 1.33 bits per heavy atom. The Balaban J connectivity index is 1.68. The Hall–Kier alpha value is -2.61. The summed E-state index contributed by atoms with van der Waals surface area (Å²) in [6.07, 6.45) is 2.95. The van der Waals surface area contributed by atoms with Gasteiger partial charge in [0.15, 0.2) is 5.13 Å². The molecule has 24 heavy (non-hydrogen) atoms. The van der Waals surface area contributed by atoms with Gasteiger partial charge in [-0.25, -0.2) is 9.78 Å². The molecular formula is C16H18N4O3S. The molecule has 1 unspecified atom stereocenters. The molecule has 0 radical (unpaired) electrons. The van der Waals surface area contributed by atoms with Crippen molar-refractivity contribution in [3.8, 4) is 0 Å². The summed E-state index contributed by atoms with van der Waals surface area (Å²) in [6.45, 7) is 0.829. The van der Waals surface area contributed by atoms with Crippen LogP contribution >= 0.6 is 11.3 Å². The molecule has 2 aromatic rings. The van der Waals surface area contributed by atoms with Crippen LogP contribution in [0.3, 0.4) is 0 Å². The number of aromatic nitrogens is 1. The lowest BCUT2D eigenvalue weighted by Gasteiger charge is -2.23. The lowest BCUT2D eigenvalue weighted by atomic mass is 10.2. The van der Waals surface area contributed by atoms with E-state index in [1.165, 1.54) is 18.4 Å². The highest BCUT2D eigenvalue weighted by Gasteiger charge is 2.32. The number of benzene rings is 1. The van der Waals surface area contributed by atoms with Gasteiger partial charge in [0, 0.05) is 29.5 Å². The summed E-state index contributed by atoms with van der Waals surface area (Å²) in [6, 6.07) is 6.73. The summed E-state index contributed by atoms with van der Waals surface area (Å²) >= 11 is 1.53. The van der Waals surface area contributed by atoms with Gasteiger partial charge in [-0.3, -0.25) is 10.1 Å². The monoisotopic (exact) mass is 346 g/mol. The van der Waals surface area contributed by atoms with Gasteiger partial charge in [-0.05, 0) is 31.0 Å². The summed E-state index contributed by atoms with van der Waals surface area (Å²) in [4.78, 5) is 30.2. The maximum Gasteiger partial charge on any atom is 0.411 e. The molecule has 1 aromatic heterocycles. The first-order chi connectivity index (χ1) is 11.7. The van der Waals surface area contributed by atoms with Gasteiger partial charge in [0.1, 0.15) is 6.04 Å². The first-order valence-electron chi connectivity index (χ1n) is 7.59. The Kier molecular flexibility index (Phi) is 4.95. The molecule has 1 saturated heterocycles. The summed E-state index contributed by atoms with van der Waals surface area (Å²) in [5.41, 5.74) is 1.18. The normalized spacial score (nSPS) is 16.7. The number of amides is 2. The number of hydrogen-bond donors (Lipinski definition) is 2. The molecule has 1 aliphatic rings. The summed E-state index contributed by atoms with van der Waals surface area (Å²) in [5, 5.41) is 8.26. The predicted molar refractivity (Wildman–Crippen MR) is 93.6 cm³/mol. The first kappa shape index (κ1) is 16.3. The Morgan fingerprint density at radius 2 is 2.12 bits per heavy atom. The second-order valence-electron chi connectivity index (χ2n) is 5.35. The maximum atomic E-state index is 12.6. The van der Waals surface area contributed by atoms with Crippen molar-refractivity contribution in [3.63, 3.8) is 0 Å². The van der Waals surface area contributed by atoms with E-state index in [1.54, 1.807) is 30.5 Å². The molecule has 0 spiro atoms. The predicted octanol–water partition coefficient (Wildman–Crippen LogP) is 2.93. The van der Waals surface area contributed by atoms with Gasteiger partial charge in [0.2, 0.25) is 5.91 Å². The van der Waals surface area contributed by atoms with Crippen molar-refractivity contribution >= 4 is 39.8 Å². The fourth-order valence-corrected chi connectivity index (χ4v) is 3.41. The molecule has 2 heterocycles. The molecule has 0 aliphatic carbocycles. The molecule has 8 heteroatoms. The Labute approximate surface area is 143 Å². The van der Waals surface area contributed by atoms with E-state index >= 15 is 0 Å². The molecule has 0 saturated carbocycles. The summed E-state index contributed by atoms with van der Waals surface area (Å²) < 4.78 is 4.56. The number of nitrogens with zero attached hydrogens (tertiary/aromatic N) is 2. The fraction of sp³-hybridized carbons (Fsp3) is 0.312. The third-order valence-electron chi connectivity index (χ3n) is 3.78. The number of hydrogen-bond acceptors (Lipinski definition) is 6.